The number of aliphatic imine (C=N–C) groups is 1. The van der Waals surface area contributed by atoms with Crippen LogP contribution in [0.5, 0.6) is 0 Å². The molecule has 3 aromatic rings. The summed E-state index contributed by atoms with van der Waals surface area (Å²) in [6.45, 7) is 1.87. The van der Waals surface area contributed by atoms with Crippen molar-refractivity contribution in [3.8, 4) is 0 Å². The molecule has 2 aromatic heterocycles. The maximum atomic E-state index is 6.25. The van der Waals surface area contributed by atoms with Gasteiger partial charge >= 0.3 is 187 Å². The molecular formula is C26H25ClI2N3S-. The topological polar surface area (TPSA) is 37.3 Å². The van der Waals surface area contributed by atoms with E-state index in [1.807, 2.05) is 12.3 Å². The molecule has 0 saturated carbocycles. The third-order valence-electron chi connectivity index (χ3n) is 5.77. The van der Waals surface area contributed by atoms with E-state index in [2.05, 4.69) is 63.8 Å². The maximum absolute atomic E-state index is 6.25. The fourth-order valence-electron chi connectivity index (χ4n) is 4.08. The minimum atomic E-state index is -0.0185. The van der Waals surface area contributed by atoms with E-state index in [0.29, 0.717) is 5.92 Å². The zero-order valence-electron chi connectivity index (χ0n) is 18.3. The van der Waals surface area contributed by atoms with E-state index in [1.54, 1.807) is 14.8 Å². The van der Waals surface area contributed by atoms with E-state index in [0.717, 1.165) is 29.4 Å². The second-order valence-corrected chi connectivity index (χ2v) is 15.2. The van der Waals surface area contributed by atoms with Crippen molar-refractivity contribution in [2.24, 2.45) is 10.9 Å². The molecule has 0 amide bonds. The number of hydrogen-bond donors (Lipinski definition) is 1. The molecule has 0 spiro atoms. The Labute approximate surface area is 224 Å². The predicted molar refractivity (Wildman–Crippen MR) is 150 cm³/mol. The van der Waals surface area contributed by atoms with Crippen LogP contribution in [0.2, 0.25) is 4.34 Å². The molecule has 0 saturated heterocycles. The van der Waals surface area contributed by atoms with Crippen LogP contribution < -0.4 is 26.5 Å². The first-order valence-corrected chi connectivity index (χ1v) is 18.0. The first-order chi connectivity index (χ1) is 16.2. The molecule has 0 fully saturated rings. The van der Waals surface area contributed by atoms with Crippen molar-refractivity contribution in [2.45, 2.75) is 12.8 Å². The quantitative estimate of drug-likeness (QED) is 0.324. The van der Waals surface area contributed by atoms with Crippen LogP contribution in [0.25, 0.3) is 16.5 Å². The van der Waals surface area contributed by atoms with Gasteiger partial charge < -0.3 is 0 Å². The van der Waals surface area contributed by atoms with Crippen LogP contribution >= 0.6 is 43.7 Å². The number of benzene rings is 1. The number of nitrogens with one attached hydrogen (secondary N) is 1. The van der Waals surface area contributed by atoms with E-state index in [4.69, 9.17) is 16.6 Å². The van der Waals surface area contributed by atoms with E-state index in [9.17, 15) is 0 Å². The molecule has 1 aromatic carbocycles. The molecule has 3 heterocycles. The second kappa shape index (κ2) is 11.1. The summed E-state index contributed by atoms with van der Waals surface area (Å²) in [5.74, 6) is 0.414. The first-order valence-electron chi connectivity index (χ1n) is 11.0. The number of hydrogen-bond acceptors (Lipinski definition) is 4. The number of anilines is 1. The van der Waals surface area contributed by atoms with Crippen molar-refractivity contribution >= 4 is 75.1 Å². The van der Waals surface area contributed by atoms with Gasteiger partial charge in [0.1, 0.15) is 0 Å². The Balaban J connectivity index is 1.44. The summed E-state index contributed by atoms with van der Waals surface area (Å²) in [5.41, 5.74) is 4.78. The van der Waals surface area contributed by atoms with Gasteiger partial charge in [-0.05, 0) is 12.1 Å². The van der Waals surface area contributed by atoms with Gasteiger partial charge in [-0.2, -0.15) is 0 Å². The summed E-state index contributed by atoms with van der Waals surface area (Å²) in [6.07, 6.45) is 11.0. The Kier molecular flexibility index (Phi) is 7.95. The van der Waals surface area contributed by atoms with Gasteiger partial charge in [0.05, 0.1) is 4.34 Å². The van der Waals surface area contributed by atoms with Crippen molar-refractivity contribution in [1.82, 2.24) is 4.98 Å². The second-order valence-electron chi connectivity index (χ2n) is 7.93. The van der Waals surface area contributed by atoms with Crippen molar-refractivity contribution in [1.29, 1.82) is 0 Å². The van der Waals surface area contributed by atoms with E-state index >= 15 is 0 Å². The molecule has 7 heteroatoms. The van der Waals surface area contributed by atoms with Crippen LogP contribution in [0, 0.1) is 9.49 Å². The zero-order valence-corrected chi connectivity index (χ0v) is 24.2. The van der Waals surface area contributed by atoms with E-state index < -0.39 is 0 Å². The molecule has 1 atom stereocenters. The van der Waals surface area contributed by atoms with E-state index in [-0.39, 0.29) is 41.9 Å². The Bertz CT molecular complexity index is 1290. The van der Waals surface area contributed by atoms with Crippen molar-refractivity contribution in [3.63, 3.8) is 0 Å². The van der Waals surface area contributed by atoms with Gasteiger partial charge in [-0.25, -0.2) is 0 Å². The summed E-state index contributed by atoms with van der Waals surface area (Å²) >= 11 is 7.96. The van der Waals surface area contributed by atoms with Gasteiger partial charge in [-0.15, -0.1) is 11.3 Å². The number of pyridine rings is 1. The van der Waals surface area contributed by atoms with Crippen LogP contribution in [0.3, 0.4) is 0 Å². The predicted octanol–water partition coefficient (Wildman–Crippen LogP) is 3.90. The summed E-state index contributed by atoms with van der Waals surface area (Å²) in [7, 11) is 0. The van der Waals surface area contributed by atoms with Crippen molar-refractivity contribution in [3.05, 3.63) is 73.6 Å². The zero-order chi connectivity index (χ0) is 22.6. The molecule has 0 radical (unpaired) electrons. The van der Waals surface area contributed by atoms with E-state index in [1.165, 1.54) is 41.7 Å². The minimum absolute atomic E-state index is 0.0185. The van der Waals surface area contributed by atoms with Gasteiger partial charge in [0.25, 0.3) is 0 Å². The van der Waals surface area contributed by atoms with Gasteiger partial charge in [-0.3, -0.25) is 0 Å². The van der Waals surface area contributed by atoms with Crippen LogP contribution in [-0.4, -0.2) is 36.7 Å². The average molecular weight is 701 g/mol. The molecular weight excluding hydrogens is 676 g/mol. The number of halogens is 3. The number of nitrogens with zero attached hydrogens (tertiary/aromatic N) is 2. The van der Waals surface area contributed by atoms with Crippen molar-refractivity contribution in [2.75, 3.05) is 27.8 Å². The number of thiophene rings is 1. The van der Waals surface area contributed by atoms with Crippen molar-refractivity contribution < 1.29 is 21.2 Å². The summed E-state index contributed by atoms with van der Waals surface area (Å²) in [5, 5.41) is 5.01. The molecule has 2 aliphatic rings. The number of aromatic nitrogens is 1. The van der Waals surface area contributed by atoms with Crippen LogP contribution in [0.15, 0.2) is 65.8 Å². The normalized spacial score (nSPS) is 18.8. The molecule has 1 unspecified atom stereocenters. The Morgan fingerprint density at radius 2 is 2.15 bits per heavy atom. The molecule has 2 bridgehead atoms. The van der Waals surface area contributed by atoms with Gasteiger partial charge in [0.15, 0.2) is 0 Å². The Hall–Kier alpha value is -1.10. The molecule has 1 N–H and O–H groups in total. The van der Waals surface area contributed by atoms with Gasteiger partial charge in [-0.1, -0.05) is 11.6 Å². The molecule has 1 aliphatic heterocycles. The van der Waals surface area contributed by atoms with Crippen LogP contribution in [0.4, 0.5) is 5.69 Å². The van der Waals surface area contributed by atoms with Crippen LogP contribution in [-0.2, 0) is 0 Å². The molecule has 172 valence electrons. The molecule has 5 rings (SSSR count). The number of allylic oxidation sites excluding steroid dienone is 4. The third-order valence-corrected chi connectivity index (χ3v) is 12.4. The fourth-order valence-corrected chi connectivity index (χ4v) is 9.12. The Morgan fingerprint density at radius 1 is 1.21 bits per heavy atom. The molecule has 33 heavy (non-hydrogen) atoms. The summed E-state index contributed by atoms with van der Waals surface area (Å²) < 4.78 is 5.23. The van der Waals surface area contributed by atoms with Crippen LogP contribution in [0.1, 0.15) is 17.7 Å². The summed E-state index contributed by atoms with van der Waals surface area (Å²) in [4.78, 5) is 13.1. The van der Waals surface area contributed by atoms with Gasteiger partial charge in [0.2, 0.25) is 0 Å². The summed E-state index contributed by atoms with van der Waals surface area (Å²) in [6, 6.07) is 13.0. The van der Waals surface area contributed by atoms with Gasteiger partial charge in [0, 0.05) is 0 Å². The fraction of sp³-hybridized carbons (Fsp3) is 0.269. The average Bonchev–Trinajstić information content (AvgIpc) is 3.19. The first kappa shape index (κ1) is 23.6. The number of alkyl halides is 2. The standard InChI is InChI=1S/C26H25ClI2N3S/c1-28-19-4-6-21-23(9-12-31-24(21)15-19)32-16-22-18-13-17(25-7-8-26(27)33-25)3-5-20(14-18)30-11-2-10-29-22/h3-9,12-13,15,18H,2,10-11,14,16H2,1H3,(H,31,32)/q-1. The Morgan fingerprint density at radius 3 is 3.00 bits per heavy atom. The number of rotatable bonds is 5. The molecule has 1 aliphatic carbocycles. The monoisotopic (exact) mass is 700 g/mol. The third kappa shape index (κ3) is 5.77. The number of fused-ring (bicyclic) bond motifs is 3. The SMILES string of the molecule is C[I-]c1ccc2c(NCC3=ICCCN=C4C=CC(c5ccc(Cl)s5)=CC3C4)ccnc2c1. The molecule has 3 nitrogen and oxygen atoms in total.